The molecule has 0 aliphatic carbocycles. The summed E-state index contributed by atoms with van der Waals surface area (Å²) in [5.74, 6) is -2.98. The van der Waals surface area contributed by atoms with Crippen LogP contribution in [0.3, 0.4) is 0 Å². The van der Waals surface area contributed by atoms with E-state index in [2.05, 4.69) is 4.74 Å². The fraction of sp³-hybridized carbons (Fsp3) is 0.368. The molecule has 0 bridgehead atoms. The summed E-state index contributed by atoms with van der Waals surface area (Å²) in [5.41, 5.74) is 10.8. The van der Waals surface area contributed by atoms with Gasteiger partial charge in [0.2, 0.25) is 5.91 Å². The van der Waals surface area contributed by atoms with Crippen molar-refractivity contribution in [2.75, 3.05) is 0 Å². The second-order valence-electron chi connectivity index (χ2n) is 6.94. The lowest BCUT2D eigenvalue weighted by atomic mass is 9.79. The highest BCUT2D eigenvalue weighted by molar-refractivity contribution is 6.06. The lowest BCUT2D eigenvalue weighted by Crippen LogP contribution is -2.50. The Balaban J connectivity index is 2.18. The number of benzene rings is 1. The number of ketones is 1. The average Bonchev–Trinajstić information content (AvgIpc) is 2.95. The third-order valence-corrected chi connectivity index (χ3v) is 4.59. The van der Waals surface area contributed by atoms with E-state index in [9.17, 15) is 19.2 Å². The standard InChI is InChI=1S/C19H23N3O5/c1-19(2,16(21)18(26)27-15(24)9-8-14(20)23)17(25)13-10-11-6-4-5-7-12(11)22(13)3/h4-7,10,16H,8-9,21H2,1-3H3,(H2,20,23)/t16-/m1/s1. The number of aromatic nitrogens is 1. The Kier molecular flexibility index (Phi) is 5.80. The number of hydrogen-bond acceptors (Lipinski definition) is 6. The molecule has 8 nitrogen and oxygen atoms in total. The Morgan fingerprint density at radius 3 is 2.37 bits per heavy atom. The van der Waals surface area contributed by atoms with Gasteiger partial charge in [0.1, 0.15) is 6.04 Å². The molecule has 0 unspecified atom stereocenters. The van der Waals surface area contributed by atoms with Crippen molar-refractivity contribution in [1.82, 2.24) is 4.57 Å². The van der Waals surface area contributed by atoms with Crippen molar-refractivity contribution in [1.29, 1.82) is 0 Å². The largest absolute Gasteiger partial charge is 0.392 e. The maximum Gasteiger partial charge on any atom is 0.331 e. The van der Waals surface area contributed by atoms with Gasteiger partial charge in [-0.15, -0.1) is 0 Å². The van der Waals surface area contributed by atoms with Crippen LogP contribution in [0.5, 0.6) is 0 Å². The summed E-state index contributed by atoms with van der Waals surface area (Å²) in [4.78, 5) is 47.5. The maximum atomic E-state index is 13.0. The summed E-state index contributed by atoms with van der Waals surface area (Å²) in [6.45, 7) is 3.04. The number of Topliss-reactive ketones (excluding diaryl/α,β-unsaturated/α-hetero) is 1. The van der Waals surface area contributed by atoms with Gasteiger partial charge in [0, 0.05) is 24.4 Å². The molecule has 0 fully saturated rings. The Bertz CT molecular complexity index is 913. The maximum absolute atomic E-state index is 13.0. The van der Waals surface area contributed by atoms with Gasteiger partial charge in [0.25, 0.3) is 0 Å². The molecule has 1 atom stereocenters. The Morgan fingerprint density at radius 2 is 1.78 bits per heavy atom. The number of nitrogens with two attached hydrogens (primary N) is 2. The molecular formula is C19H23N3O5. The molecular weight excluding hydrogens is 350 g/mol. The van der Waals surface area contributed by atoms with Crippen molar-refractivity contribution in [3.63, 3.8) is 0 Å². The third kappa shape index (κ3) is 4.22. The number of nitrogens with zero attached hydrogens (tertiary/aromatic N) is 1. The van der Waals surface area contributed by atoms with Crippen LogP contribution in [0.15, 0.2) is 30.3 Å². The predicted octanol–water partition coefficient (Wildman–Crippen LogP) is 1.05. The summed E-state index contributed by atoms with van der Waals surface area (Å²) in [5, 5.41) is 0.886. The van der Waals surface area contributed by atoms with E-state index in [1.165, 1.54) is 13.8 Å². The van der Waals surface area contributed by atoms with Gasteiger partial charge in [-0.2, -0.15) is 0 Å². The van der Waals surface area contributed by atoms with E-state index in [1.54, 1.807) is 17.7 Å². The van der Waals surface area contributed by atoms with Crippen molar-refractivity contribution in [2.45, 2.75) is 32.7 Å². The Hall–Kier alpha value is -3.00. The van der Waals surface area contributed by atoms with Crippen molar-refractivity contribution >= 4 is 34.5 Å². The molecule has 27 heavy (non-hydrogen) atoms. The fourth-order valence-electron chi connectivity index (χ4n) is 2.72. The molecule has 8 heteroatoms. The number of rotatable bonds is 7. The minimum Gasteiger partial charge on any atom is -0.392 e. The minimum absolute atomic E-state index is 0.236. The molecule has 1 aromatic carbocycles. The molecule has 4 N–H and O–H groups in total. The monoisotopic (exact) mass is 373 g/mol. The molecule has 0 aliphatic rings. The van der Waals surface area contributed by atoms with Crippen molar-refractivity contribution in [2.24, 2.45) is 23.9 Å². The number of fused-ring (bicyclic) bond motifs is 1. The van der Waals surface area contributed by atoms with Crippen LogP contribution in [0, 0.1) is 5.41 Å². The normalized spacial score (nSPS) is 12.6. The number of amides is 1. The van der Waals surface area contributed by atoms with Gasteiger partial charge in [-0.1, -0.05) is 32.0 Å². The van der Waals surface area contributed by atoms with Crippen molar-refractivity contribution < 1.29 is 23.9 Å². The van der Waals surface area contributed by atoms with Gasteiger partial charge in [-0.25, -0.2) is 4.79 Å². The zero-order valence-corrected chi connectivity index (χ0v) is 15.5. The first-order chi connectivity index (χ1) is 12.6. The highest BCUT2D eigenvalue weighted by Crippen LogP contribution is 2.29. The second-order valence-corrected chi connectivity index (χ2v) is 6.94. The van der Waals surface area contributed by atoms with E-state index in [-0.39, 0.29) is 18.6 Å². The molecule has 2 rings (SSSR count). The van der Waals surface area contributed by atoms with Crippen LogP contribution in [0.2, 0.25) is 0 Å². The van der Waals surface area contributed by atoms with Crippen LogP contribution >= 0.6 is 0 Å². The highest BCUT2D eigenvalue weighted by Gasteiger charge is 2.42. The van der Waals surface area contributed by atoms with Crippen LogP contribution < -0.4 is 11.5 Å². The molecule has 0 saturated heterocycles. The molecule has 144 valence electrons. The van der Waals surface area contributed by atoms with Crippen molar-refractivity contribution in [3.05, 3.63) is 36.0 Å². The lowest BCUT2D eigenvalue weighted by Gasteiger charge is -2.28. The predicted molar refractivity (Wildman–Crippen MR) is 98.5 cm³/mol. The molecule has 1 aromatic heterocycles. The van der Waals surface area contributed by atoms with Gasteiger partial charge in [0.05, 0.1) is 17.5 Å². The summed E-state index contributed by atoms with van der Waals surface area (Å²) in [6, 6.07) is 7.86. The third-order valence-electron chi connectivity index (χ3n) is 4.59. The number of hydrogen-bond donors (Lipinski definition) is 2. The van der Waals surface area contributed by atoms with Gasteiger partial charge in [-0.3, -0.25) is 14.4 Å². The van der Waals surface area contributed by atoms with Gasteiger partial charge in [-0.05, 0) is 12.1 Å². The first-order valence-electron chi connectivity index (χ1n) is 8.43. The van der Waals surface area contributed by atoms with Gasteiger partial charge < -0.3 is 20.8 Å². The average molecular weight is 373 g/mol. The zero-order valence-electron chi connectivity index (χ0n) is 15.5. The quantitative estimate of drug-likeness (QED) is 0.423. The summed E-state index contributed by atoms with van der Waals surface area (Å²) < 4.78 is 6.39. The Labute approximate surface area is 156 Å². The summed E-state index contributed by atoms with van der Waals surface area (Å²) >= 11 is 0. The number of para-hydroxylation sites is 1. The number of esters is 2. The van der Waals surface area contributed by atoms with Crippen LogP contribution in [-0.4, -0.2) is 34.2 Å². The smallest absolute Gasteiger partial charge is 0.331 e. The van der Waals surface area contributed by atoms with Crippen LogP contribution in [0.25, 0.3) is 10.9 Å². The second kappa shape index (κ2) is 7.71. The van der Waals surface area contributed by atoms with Gasteiger partial charge in [0.15, 0.2) is 5.78 Å². The number of carbonyl (C=O) groups excluding carboxylic acids is 4. The minimum atomic E-state index is -1.36. The molecule has 0 saturated carbocycles. The molecule has 1 amide bonds. The first kappa shape index (κ1) is 20.3. The molecule has 0 spiro atoms. The van der Waals surface area contributed by atoms with E-state index in [4.69, 9.17) is 11.5 Å². The highest BCUT2D eigenvalue weighted by atomic mass is 16.6. The molecule has 1 heterocycles. The molecule has 0 radical (unpaired) electrons. The lowest BCUT2D eigenvalue weighted by molar-refractivity contribution is -0.162. The Morgan fingerprint density at radius 1 is 1.15 bits per heavy atom. The van der Waals surface area contributed by atoms with Crippen molar-refractivity contribution in [3.8, 4) is 0 Å². The summed E-state index contributed by atoms with van der Waals surface area (Å²) in [6.07, 6.45) is -0.565. The van der Waals surface area contributed by atoms with Crippen LogP contribution in [0.1, 0.15) is 37.2 Å². The van der Waals surface area contributed by atoms with E-state index < -0.39 is 29.3 Å². The van der Waals surface area contributed by atoms with Crippen LogP contribution in [0.4, 0.5) is 0 Å². The number of carbonyl (C=O) groups is 4. The number of aryl methyl sites for hydroxylation is 1. The molecule has 0 aliphatic heterocycles. The number of primary amides is 1. The van der Waals surface area contributed by atoms with E-state index in [0.29, 0.717) is 5.69 Å². The van der Waals surface area contributed by atoms with E-state index in [1.807, 2.05) is 24.3 Å². The molecule has 2 aromatic rings. The first-order valence-corrected chi connectivity index (χ1v) is 8.43. The van der Waals surface area contributed by atoms with Crippen LogP contribution in [-0.2, 0) is 26.2 Å². The summed E-state index contributed by atoms with van der Waals surface area (Å²) in [7, 11) is 1.75. The topological polar surface area (TPSA) is 134 Å². The number of ether oxygens (including phenoxy) is 1. The van der Waals surface area contributed by atoms with E-state index >= 15 is 0 Å². The van der Waals surface area contributed by atoms with E-state index in [0.717, 1.165) is 10.9 Å². The zero-order chi connectivity index (χ0) is 20.4. The van der Waals surface area contributed by atoms with Gasteiger partial charge >= 0.3 is 11.9 Å². The fourth-order valence-corrected chi connectivity index (χ4v) is 2.72. The SMILES string of the molecule is Cn1c(C(=O)C(C)(C)[C@H](N)C(=O)OC(=O)CCC(N)=O)cc2ccccc21.